The van der Waals surface area contributed by atoms with Gasteiger partial charge in [0.2, 0.25) is 0 Å². The zero-order valence-corrected chi connectivity index (χ0v) is 12.9. The largest absolute Gasteiger partial charge is 1.00 e. The van der Waals surface area contributed by atoms with Gasteiger partial charge in [0.1, 0.15) is 0 Å². The molecule has 4 nitrogen and oxygen atoms in total. The summed E-state index contributed by atoms with van der Waals surface area (Å²) in [6.07, 6.45) is 0.663. The van der Waals surface area contributed by atoms with E-state index in [0.717, 1.165) is 0 Å². The SMILES string of the molecule is CCCO[Si](O)(O)O.[Cs+].[H-]. The van der Waals surface area contributed by atoms with Crippen LogP contribution in [0.1, 0.15) is 14.8 Å². The number of hydrogen-bond donors (Lipinski definition) is 3. The van der Waals surface area contributed by atoms with Crippen molar-refractivity contribution in [1.82, 2.24) is 0 Å². The summed E-state index contributed by atoms with van der Waals surface area (Å²) < 4.78 is 4.18. The Balaban J connectivity index is -0.000000245. The van der Waals surface area contributed by atoms with Crippen molar-refractivity contribution < 1.29 is 89.1 Å². The Bertz CT molecular complexity index is 68.0. The maximum absolute atomic E-state index is 8.18. The molecular weight excluding hydrogens is 261 g/mol. The van der Waals surface area contributed by atoms with Crippen LogP contribution in [-0.2, 0) is 4.43 Å². The van der Waals surface area contributed by atoms with Gasteiger partial charge in [0.25, 0.3) is 0 Å². The second-order valence-electron chi connectivity index (χ2n) is 1.42. The van der Waals surface area contributed by atoms with Gasteiger partial charge in [-0.15, -0.1) is 0 Å². The molecule has 0 saturated heterocycles. The average Bonchev–Trinajstić information content (AvgIpc) is 1.59. The van der Waals surface area contributed by atoms with E-state index in [2.05, 4.69) is 4.43 Å². The summed E-state index contributed by atoms with van der Waals surface area (Å²) in [4.78, 5) is 24.5. The van der Waals surface area contributed by atoms with Gasteiger partial charge in [-0.3, -0.25) is 0 Å². The van der Waals surface area contributed by atoms with E-state index in [1.54, 1.807) is 6.92 Å². The van der Waals surface area contributed by atoms with E-state index in [1.165, 1.54) is 0 Å². The summed E-state index contributed by atoms with van der Waals surface area (Å²) in [6, 6.07) is 0. The Morgan fingerprint density at radius 1 is 1.44 bits per heavy atom. The molecule has 0 aliphatic heterocycles. The van der Waals surface area contributed by atoms with Crippen molar-refractivity contribution in [3.8, 4) is 0 Å². The van der Waals surface area contributed by atoms with Crippen LogP contribution in [0.25, 0.3) is 0 Å². The Labute approximate surface area is 116 Å². The maximum atomic E-state index is 8.18. The molecule has 6 heteroatoms. The molecule has 0 amide bonds. The predicted octanol–water partition coefficient (Wildman–Crippen LogP) is -4.06. The Kier molecular flexibility index (Phi) is 10.3. The fraction of sp³-hybridized carbons (Fsp3) is 1.00. The van der Waals surface area contributed by atoms with Crippen LogP contribution >= 0.6 is 0 Å². The Hall–Kier alpha value is 2.11. The average molecular weight is 272 g/mol. The topological polar surface area (TPSA) is 69.9 Å². The van der Waals surface area contributed by atoms with Gasteiger partial charge in [0.05, 0.1) is 0 Å². The van der Waals surface area contributed by atoms with Gasteiger partial charge in [-0.1, -0.05) is 6.92 Å². The molecule has 0 bridgehead atoms. The first-order chi connectivity index (χ1) is 3.56. The molecule has 0 fully saturated rings. The summed E-state index contributed by atoms with van der Waals surface area (Å²) in [7, 11) is -4.18. The molecule has 0 aliphatic rings. The summed E-state index contributed by atoms with van der Waals surface area (Å²) in [5.41, 5.74) is 0. The number of rotatable bonds is 3. The molecule has 0 saturated carbocycles. The second-order valence-corrected chi connectivity index (χ2v) is 2.86. The van der Waals surface area contributed by atoms with Crippen LogP contribution in [0.5, 0.6) is 0 Å². The minimum Gasteiger partial charge on any atom is -1.00 e. The van der Waals surface area contributed by atoms with Gasteiger partial charge in [-0.05, 0) is 6.42 Å². The van der Waals surface area contributed by atoms with Gasteiger partial charge in [0, 0.05) is 6.61 Å². The fourth-order valence-electron chi connectivity index (χ4n) is 0.239. The number of hydrogen-bond acceptors (Lipinski definition) is 4. The van der Waals surface area contributed by atoms with Gasteiger partial charge < -0.3 is 20.2 Å². The molecule has 9 heavy (non-hydrogen) atoms. The molecular formula is C3H11CsO4Si. The van der Waals surface area contributed by atoms with Crippen LogP contribution in [0.3, 0.4) is 0 Å². The molecule has 0 atom stereocenters. The van der Waals surface area contributed by atoms with Crippen molar-refractivity contribution in [3.63, 3.8) is 0 Å². The van der Waals surface area contributed by atoms with Crippen molar-refractivity contribution in [2.45, 2.75) is 13.3 Å². The molecule has 0 spiro atoms. The molecule has 0 aromatic rings. The smallest absolute Gasteiger partial charge is 1.00 e. The van der Waals surface area contributed by atoms with Crippen LogP contribution in [0, 0.1) is 0 Å². The predicted molar refractivity (Wildman–Crippen MR) is 29.8 cm³/mol. The Morgan fingerprint density at radius 2 is 1.89 bits per heavy atom. The van der Waals surface area contributed by atoms with E-state index in [9.17, 15) is 0 Å². The third kappa shape index (κ3) is 13.2. The first-order valence-corrected chi connectivity index (χ1v) is 4.12. The van der Waals surface area contributed by atoms with E-state index in [4.69, 9.17) is 14.4 Å². The minimum atomic E-state index is -4.18. The third-order valence-corrected chi connectivity index (χ3v) is 1.09. The van der Waals surface area contributed by atoms with Crippen LogP contribution < -0.4 is 68.9 Å². The quantitative estimate of drug-likeness (QED) is 0.457. The van der Waals surface area contributed by atoms with Crippen molar-refractivity contribution in [2.75, 3.05) is 6.61 Å². The van der Waals surface area contributed by atoms with Crippen molar-refractivity contribution in [3.05, 3.63) is 0 Å². The first-order valence-electron chi connectivity index (χ1n) is 2.37. The molecule has 0 unspecified atom stereocenters. The van der Waals surface area contributed by atoms with E-state index in [1.807, 2.05) is 0 Å². The molecule has 0 heterocycles. The van der Waals surface area contributed by atoms with Crippen molar-refractivity contribution in [2.24, 2.45) is 0 Å². The second kappa shape index (κ2) is 6.80. The molecule has 0 aromatic carbocycles. The monoisotopic (exact) mass is 272 g/mol. The molecule has 0 aromatic heterocycles. The van der Waals surface area contributed by atoms with Gasteiger partial charge in [0.15, 0.2) is 0 Å². The summed E-state index contributed by atoms with van der Waals surface area (Å²) in [5.74, 6) is 0. The van der Waals surface area contributed by atoms with Crippen LogP contribution in [0.2, 0.25) is 0 Å². The van der Waals surface area contributed by atoms with Crippen molar-refractivity contribution in [1.29, 1.82) is 0 Å². The van der Waals surface area contributed by atoms with Crippen LogP contribution in [-0.4, -0.2) is 30.0 Å². The molecule has 0 rings (SSSR count). The molecule has 3 N–H and O–H groups in total. The zero-order valence-electron chi connectivity index (χ0n) is 6.66. The van der Waals surface area contributed by atoms with Gasteiger partial charge >= 0.3 is 77.9 Å². The van der Waals surface area contributed by atoms with E-state index >= 15 is 0 Å². The first kappa shape index (κ1) is 13.7. The molecule has 0 aliphatic carbocycles. The minimum absolute atomic E-state index is 0. The van der Waals surface area contributed by atoms with E-state index < -0.39 is 9.05 Å². The zero-order chi connectivity index (χ0) is 6.62. The molecule has 52 valence electrons. The maximum Gasteiger partial charge on any atom is 1.00 e. The normalized spacial score (nSPS) is 10.7. The summed E-state index contributed by atoms with van der Waals surface area (Å²) >= 11 is 0. The van der Waals surface area contributed by atoms with Crippen molar-refractivity contribution >= 4 is 9.05 Å². The van der Waals surface area contributed by atoms with Crippen LogP contribution in [0.15, 0.2) is 0 Å². The van der Waals surface area contributed by atoms with Gasteiger partial charge in [-0.25, -0.2) is 0 Å². The van der Waals surface area contributed by atoms with E-state index in [0.29, 0.717) is 6.42 Å². The standard InChI is InChI=1S/C3H10O4Si.Cs.H/c1-2-3-7-8(4,5)6;;/h4-6H,2-3H2,1H3;;/q;+1;-1. The van der Waals surface area contributed by atoms with Gasteiger partial charge in [-0.2, -0.15) is 0 Å². The Morgan fingerprint density at radius 3 is 2.00 bits per heavy atom. The fourth-order valence-corrected chi connectivity index (χ4v) is 0.717. The van der Waals surface area contributed by atoms with Crippen LogP contribution in [0.4, 0.5) is 0 Å². The van der Waals surface area contributed by atoms with E-state index in [-0.39, 0.29) is 76.9 Å². The third-order valence-electron chi connectivity index (χ3n) is 0.500. The summed E-state index contributed by atoms with van der Waals surface area (Å²) in [5, 5.41) is 0. The summed E-state index contributed by atoms with van der Waals surface area (Å²) in [6.45, 7) is 2.00. The molecule has 0 radical (unpaired) electrons.